The highest BCUT2D eigenvalue weighted by Crippen LogP contribution is 2.39. The first-order valence-electron chi connectivity index (χ1n) is 17.6. The van der Waals surface area contributed by atoms with Crippen molar-refractivity contribution >= 4 is 68.3 Å². The summed E-state index contributed by atoms with van der Waals surface area (Å²) in [5.74, 6) is 0. The van der Waals surface area contributed by atoms with E-state index in [1.54, 1.807) is 0 Å². The van der Waals surface area contributed by atoms with E-state index < -0.39 is 0 Å². The summed E-state index contributed by atoms with van der Waals surface area (Å²) in [6, 6.07) is 64.5. The van der Waals surface area contributed by atoms with E-state index in [-0.39, 0.29) is 0 Å². The summed E-state index contributed by atoms with van der Waals surface area (Å²) in [6.07, 6.45) is 6.41. The van der Waals surface area contributed by atoms with E-state index in [2.05, 4.69) is 206 Å². The van der Waals surface area contributed by atoms with Gasteiger partial charge in [-0.15, -0.1) is 0 Å². The van der Waals surface area contributed by atoms with Crippen LogP contribution < -0.4 is 15.5 Å². The molecule has 0 saturated carbocycles. The molecule has 0 saturated heterocycles. The number of hydrogen-bond donors (Lipinski definition) is 0. The molecular weight excluding hydrogens is 631 g/mol. The molecule has 9 rings (SSSR count). The average molecular weight is 666 g/mol. The Labute approximate surface area is 303 Å². The molecule has 0 aliphatic heterocycles. The molecule has 52 heavy (non-hydrogen) atoms. The minimum Gasteiger partial charge on any atom is -0.457 e. The van der Waals surface area contributed by atoms with Gasteiger partial charge in [0.05, 0.1) is 5.69 Å². The van der Waals surface area contributed by atoms with E-state index in [0.717, 1.165) is 44.2 Å². The van der Waals surface area contributed by atoms with Gasteiger partial charge in [-0.25, -0.2) is 0 Å². The van der Waals surface area contributed by atoms with Crippen LogP contribution in [0, 0.1) is 0 Å². The number of nitrogens with zero attached hydrogens (tertiary/aromatic N) is 1. The Hall–Kier alpha value is -6.90. The minimum absolute atomic E-state index is 0.663. The zero-order valence-electron chi connectivity index (χ0n) is 28.6. The van der Waals surface area contributed by atoms with Gasteiger partial charge in [-0.3, -0.25) is 0 Å². The minimum atomic E-state index is 0.663. The van der Waals surface area contributed by atoms with Crippen LogP contribution in [0.15, 0.2) is 192 Å². The molecule has 0 unspecified atom stereocenters. The summed E-state index contributed by atoms with van der Waals surface area (Å²) < 4.78 is 6.11. The molecule has 0 fully saturated rings. The maximum atomic E-state index is 6.11. The number of anilines is 3. The number of para-hydroxylation sites is 1. The third kappa shape index (κ3) is 5.77. The van der Waals surface area contributed by atoms with Crippen LogP contribution in [0.1, 0.15) is 5.56 Å². The van der Waals surface area contributed by atoms with E-state index in [0.29, 0.717) is 5.42 Å². The molecule has 2 nitrogen and oxygen atoms in total. The fourth-order valence-electron chi connectivity index (χ4n) is 7.33. The van der Waals surface area contributed by atoms with Crippen LogP contribution in [-0.4, -0.2) is 0 Å². The van der Waals surface area contributed by atoms with Gasteiger partial charge in [0.1, 0.15) is 11.0 Å². The highest BCUT2D eigenvalue weighted by atomic mass is 16.3. The Morgan fingerprint density at radius 1 is 0.481 bits per heavy atom. The van der Waals surface area contributed by atoms with Gasteiger partial charge in [0.2, 0.25) is 0 Å². The third-order valence-corrected chi connectivity index (χ3v) is 9.87. The van der Waals surface area contributed by atoms with Crippen molar-refractivity contribution in [1.29, 1.82) is 0 Å². The number of benzene rings is 8. The second-order valence-corrected chi connectivity index (χ2v) is 13.0. The van der Waals surface area contributed by atoms with Crippen molar-refractivity contribution < 1.29 is 4.42 Å². The molecule has 9 aromatic rings. The van der Waals surface area contributed by atoms with Gasteiger partial charge in [-0.2, -0.15) is 0 Å². The van der Waals surface area contributed by atoms with Gasteiger partial charge >= 0.3 is 0 Å². The standard InChI is InChI=1S/C50H35NO/c1-35-44(50-47-21-9-6-16-39(47)29-34-49(50)52-35)22-12-19-41-17-7-10-24-48(41)51(42-30-25-37(26-31-42)36-13-3-2-4-14-36)43-32-27-40(28-33-43)46-23-11-18-38-15-5-8-20-45(38)46/h2-34H,1H2/b19-12+,44-22+. The predicted molar refractivity (Wildman–Crippen MR) is 221 cm³/mol. The highest BCUT2D eigenvalue weighted by Gasteiger charge is 2.16. The molecule has 0 aliphatic carbocycles. The normalized spacial score (nSPS) is 12.0. The Kier molecular flexibility index (Phi) is 8.03. The molecule has 0 radical (unpaired) electrons. The lowest BCUT2D eigenvalue weighted by molar-refractivity contribution is 0.577. The number of furan rings is 1. The van der Waals surface area contributed by atoms with E-state index >= 15 is 0 Å². The molecular formula is C50H35NO. The molecule has 0 atom stereocenters. The second-order valence-electron chi connectivity index (χ2n) is 13.0. The fourth-order valence-corrected chi connectivity index (χ4v) is 7.33. The second kappa shape index (κ2) is 13.4. The first-order chi connectivity index (χ1) is 25.7. The topological polar surface area (TPSA) is 16.4 Å². The zero-order chi connectivity index (χ0) is 34.9. The van der Waals surface area contributed by atoms with Gasteiger partial charge in [-0.1, -0.05) is 170 Å². The molecule has 0 N–H and O–H groups in total. The van der Waals surface area contributed by atoms with Crippen LogP contribution in [0.25, 0.3) is 73.5 Å². The van der Waals surface area contributed by atoms with Gasteiger partial charge in [-0.05, 0) is 85.8 Å². The quantitative estimate of drug-likeness (QED) is 0.168. The lowest BCUT2D eigenvalue weighted by Crippen LogP contribution is -2.17. The van der Waals surface area contributed by atoms with E-state index in [4.69, 9.17) is 4.42 Å². The molecule has 1 aromatic heterocycles. The number of fused-ring (bicyclic) bond motifs is 4. The lowest BCUT2D eigenvalue weighted by Gasteiger charge is -2.27. The van der Waals surface area contributed by atoms with Gasteiger partial charge in [0.15, 0.2) is 0 Å². The van der Waals surface area contributed by atoms with Crippen molar-refractivity contribution in [3.05, 3.63) is 204 Å². The highest BCUT2D eigenvalue weighted by molar-refractivity contribution is 6.06. The summed E-state index contributed by atoms with van der Waals surface area (Å²) in [5, 5.41) is 6.92. The molecule has 0 bridgehead atoms. The summed E-state index contributed by atoms with van der Waals surface area (Å²) in [4.78, 5) is 2.34. The molecule has 246 valence electrons. The first kappa shape index (κ1) is 31.1. The Morgan fingerprint density at radius 3 is 1.85 bits per heavy atom. The van der Waals surface area contributed by atoms with Crippen LogP contribution in [0.5, 0.6) is 0 Å². The molecule has 2 heteroatoms. The zero-order valence-corrected chi connectivity index (χ0v) is 28.6. The monoisotopic (exact) mass is 665 g/mol. The van der Waals surface area contributed by atoms with E-state index in [1.807, 2.05) is 6.07 Å². The lowest BCUT2D eigenvalue weighted by atomic mass is 9.98. The Balaban J connectivity index is 1.15. The van der Waals surface area contributed by atoms with Gasteiger partial charge in [0, 0.05) is 22.0 Å². The molecule has 0 amide bonds. The van der Waals surface area contributed by atoms with Crippen molar-refractivity contribution in [2.45, 2.75) is 0 Å². The first-order valence-corrected chi connectivity index (χ1v) is 17.6. The van der Waals surface area contributed by atoms with Crippen molar-refractivity contribution in [3.8, 4) is 22.3 Å². The molecule has 0 spiro atoms. The molecule has 1 heterocycles. The van der Waals surface area contributed by atoms with E-state index in [1.165, 1.54) is 38.4 Å². The Morgan fingerprint density at radius 2 is 1.08 bits per heavy atom. The SMILES string of the molecule is C=c1oc2ccc3ccccc3c2/c1=C/C=C/c1ccccc1N(c1ccc(-c2ccccc2)cc1)c1ccc(-c2cccc3ccccc23)cc1. The largest absolute Gasteiger partial charge is 0.457 e. The summed E-state index contributed by atoms with van der Waals surface area (Å²) in [5.41, 5.74) is 10.6. The number of hydrogen-bond acceptors (Lipinski definition) is 2. The molecule has 8 aromatic carbocycles. The van der Waals surface area contributed by atoms with Crippen LogP contribution in [0.3, 0.4) is 0 Å². The smallest absolute Gasteiger partial charge is 0.136 e. The Bertz CT molecular complexity index is 2840. The van der Waals surface area contributed by atoms with Gasteiger partial charge < -0.3 is 9.32 Å². The van der Waals surface area contributed by atoms with Crippen LogP contribution in [-0.2, 0) is 0 Å². The third-order valence-electron chi connectivity index (χ3n) is 9.87. The summed E-state index contributed by atoms with van der Waals surface area (Å²) in [6.45, 7) is 4.25. The molecule has 0 aliphatic rings. The maximum absolute atomic E-state index is 6.11. The van der Waals surface area contributed by atoms with Crippen molar-refractivity contribution in [2.24, 2.45) is 0 Å². The number of rotatable bonds is 7. The van der Waals surface area contributed by atoms with Gasteiger partial charge in [0.25, 0.3) is 0 Å². The average Bonchev–Trinajstić information content (AvgIpc) is 3.54. The summed E-state index contributed by atoms with van der Waals surface area (Å²) >= 11 is 0. The van der Waals surface area contributed by atoms with Crippen LogP contribution in [0.4, 0.5) is 17.1 Å². The summed E-state index contributed by atoms with van der Waals surface area (Å²) in [7, 11) is 0. The van der Waals surface area contributed by atoms with Crippen LogP contribution >= 0.6 is 0 Å². The fraction of sp³-hybridized carbons (Fsp3) is 0. The van der Waals surface area contributed by atoms with Crippen molar-refractivity contribution in [1.82, 2.24) is 0 Å². The van der Waals surface area contributed by atoms with Crippen molar-refractivity contribution in [3.63, 3.8) is 0 Å². The number of allylic oxidation sites excluding steroid dienone is 1. The van der Waals surface area contributed by atoms with E-state index in [9.17, 15) is 0 Å². The predicted octanol–water partition coefficient (Wildman–Crippen LogP) is 12.4. The van der Waals surface area contributed by atoms with Crippen LogP contribution in [0.2, 0.25) is 0 Å². The van der Waals surface area contributed by atoms with Crippen molar-refractivity contribution in [2.75, 3.05) is 4.90 Å². The maximum Gasteiger partial charge on any atom is 0.136 e.